The Hall–Kier alpha value is -6.90. The van der Waals surface area contributed by atoms with E-state index in [-0.39, 0.29) is 16.9 Å². The van der Waals surface area contributed by atoms with E-state index in [2.05, 4.69) is 0 Å². The van der Waals surface area contributed by atoms with Crippen LogP contribution in [0.3, 0.4) is 0 Å². The van der Waals surface area contributed by atoms with Crippen molar-refractivity contribution in [3.63, 3.8) is 0 Å². The lowest BCUT2D eigenvalue weighted by Crippen LogP contribution is -2.09. The van der Waals surface area contributed by atoms with Crippen molar-refractivity contribution < 1.29 is 22.2 Å². The van der Waals surface area contributed by atoms with E-state index in [9.17, 15) is 11.0 Å². The van der Waals surface area contributed by atoms with Gasteiger partial charge in [0.1, 0.15) is 11.2 Å². The first-order chi connectivity index (χ1) is 31.2. The van der Waals surface area contributed by atoms with Gasteiger partial charge < -0.3 is 9.32 Å². The van der Waals surface area contributed by atoms with E-state index in [0.717, 1.165) is 49.0 Å². The van der Waals surface area contributed by atoms with Gasteiger partial charge in [0.05, 0.1) is 17.8 Å². The van der Waals surface area contributed by atoms with Gasteiger partial charge in [0.15, 0.2) is 0 Å². The van der Waals surface area contributed by atoms with E-state index >= 15 is 0 Å². The molecule has 0 radical (unpaired) electrons. The summed E-state index contributed by atoms with van der Waals surface area (Å²) in [4.78, 5) is 1.17. The van der Waals surface area contributed by atoms with Crippen LogP contribution in [0.2, 0.25) is 0 Å². The van der Waals surface area contributed by atoms with E-state index < -0.39 is 95.4 Å². The largest absolute Gasteiger partial charge is 0.455 e. The molecule has 2 heteroatoms. The normalized spacial score (nSPS) is 15.0. The minimum absolute atomic E-state index is 0.0223. The molecule has 0 amide bonds. The summed E-state index contributed by atoms with van der Waals surface area (Å²) in [5.74, 6) is 0. The lowest BCUT2D eigenvalue weighted by molar-refractivity contribution is 0.673. The first-order valence-electron chi connectivity index (χ1n) is 23.2. The van der Waals surface area contributed by atoms with Crippen molar-refractivity contribution in [2.45, 2.75) is 0 Å². The highest BCUT2D eigenvalue weighted by atomic mass is 16.3. The van der Waals surface area contributed by atoms with E-state index in [4.69, 9.17) is 11.3 Å². The molecule has 0 fully saturated rings. The molecular weight excluding hydrogens is 631 g/mol. The predicted molar refractivity (Wildman–Crippen MR) is 220 cm³/mol. The van der Waals surface area contributed by atoms with Crippen LogP contribution in [0.15, 0.2) is 204 Å². The van der Waals surface area contributed by atoms with Gasteiger partial charge in [-0.05, 0) is 104 Å². The number of furan rings is 1. The summed E-state index contributed by atoms with van der Waals surface area (Å²) >= 11 is 0. The quantitative estimate of drug-likeness (QED) is 0.174. The van der Waals surface area contributed by atoms with Gasteiger partial charge in [0.25, 0.3) is 0 Å². The van der Waals surface area contributed by atoms with Crippen LogP contribution in [0.5, 0.6) is 0 Å². The molecule has 0 N–H and O–H groups in total. The number of fused-ring (bicyclic) bond motifs is 6. The highest BCUT2D eigenvalue weighted by Gasteiger charge is 2.17. The highest BCUT2D eigenvalue weighted by Crippen LogP contribution is 2.42. The van der Waals surface area contributed by atoms with Crippen molar-refractivity contribution >= 4 is 60.5 Å². The summed E-state index contributed by atoms with van der Waals surface area (Å²) in [6.45, 7) is 0. The third-order valence-electron chi connectivity index (χ3n) is 9.28. The molecule has 0 unspecified atom stereocenters. The van der Waals surface area contributed by atoms with E-state index in [1.165, 1.54) is 4.90 Å². The Labute approximate surface area is 320 Å². The van der Waals surface area contributed by atoms with E-state index in [1.54, 1.807) is 36.4 Å². The van der Waals surface area contributed by atoms with Crippen molar-refractivity contribution in [2.24, 2.45) is 0 Å². The predicted octanol–water partition coefficient (Wildman–Crippen LogP) is 14.4. The van der Waals surface area contributed by atoms with Gasteiger partial charge in [0.2, 0.25) is 0 Å². The molecule has 244 valence electrons. The molecule has 0 aliphatic carbocycles. The van der Waals surface area contributed by atoms with Gasteiger partial charge in [-0.2, -0.15) is 0 Å². The van der Waals surface area contributed by atoms with Crippen molar-refractivity contribution in [1.82, 2.24) is 0 Å². The lowest BCUT2D eigenvalue weighted by Gasteiger charge is -2.26. The first-order valence-corrected chi connectivity index (χ1v) is 16.7. The molecule has 10 rings (SSSR count). The number of anilines is 3. The monoisotopic (exact) mass is 676 g/mol. The molecule has 0 saturated carbocycles. The van der Waals surface area contributed by atoms with Crippen molar-refractivity contribution in [3.05, 3.63) is 200 Å². The van der Waals surface area contributed by atoms with Gasteiger partial charge in [0, 0.05) is 33.2 Å². The van der Waals surface area contributed by atoms with Crippen LogP contribution < -0.4 is 4.90 Å². The van der Waals surface area contributed by atoms with Crippen LogP contribution in [0.4, 0.5) is 17.1 Å². The maximum atomic E-state index is 9.48. The molecule has 0 spiro atoms. The zero-order valence-electron chi connectivity index (χ0n) is 40.4. The summed E-state index contributed by atoms with van der Waals surface area (Å²) in [6.07, 6.45) is 0. The van der Waals surface area contributed by atoms with Crippen LogP contribution in [-0.2, 0) is 0 Å². The second kappa shape index (κ2) is 12.5. The molecule has 10 aromatic rings. The first kappa shape index (κ1) is 19.5. The van der Waals surface area contributed by atoms with Crippen LogP contribution in [0, 0.1) is 0 Å². The molecular formula is C50H33NO. The summed E-state index contributed by atoms with van der Waals surface area (Å²) in [5.41, 5.74) is 1.73. The second-order valence-electron chi connectivity index (χ2n) is 12.3. The maximum absolute atomic E-state index is 9.48. The van der Waals surface area contributed by atoms with Gasteiger partial charge in [-0.15, -0.1) is 0 Å². The highest BCUT2D eigenvalue weighted by molar-refractivity contribution is 6.19. The lowest BCUT2D eigenvalue weighted by atomic mass is 9.97. The van der Waals surface area contributed by atoms with Crippen LogP contribution >= 0.6 is 0 Å². The Morgan fingerprint density at radius 2 is 1.02 bits per heavy atom. The Morgan fingerprint density at radius 3 is 1.77 bits per heavy atom. The average Bonchev–Trinajstić information content (AvgIpc) is 3.72. The molecule has 1 heterocycles. The zero-order valence-corrected chi connectivity index (χ0v) is 27.4. The van der Waals surface area contributed by atoms with Gasteiger partial charge >= 0.3 is 0 Å². The minimum Gasteiger partial charge on any atom is -0.455 e. The molecule has 9 aromatic carbocycles. The summed E-state index contributed by atoms with van der Waals surface area (Å²) < 4.78 is 123. The topological polar surface area (TPSA) is 16.4 Å². The van der Waals surface area contributed by atoms with Crippen LogP contribution in [0.25, 0.3) is 76.9 Å². The standard InChI is InChI=1S/C50H33NO/c1-2-9-34(10-3-1)36-19-26-42(27-20-36)51(43-28-21-37(22-29-43)41-18-17-35-11-4-5-13-40(35)33-41)44-30-23-39(24-31-44)45-15-8-16-48-49(45)47-32-25-38-12-6-7-14-46(38)50(47)52-48/h1-33H/i1D,2D,3D,9D,10D,19D,20D,21D,22D,26D,27D,28D,29D. The Kier molecular flexibility index (Phi) is 4.67. The Bertz CT molecular complexity index is 3570. The van der Waals surface area contributed by atoms with Crippen LogP contribution in [-0.4, -0.2) is 0 Å². The van der Waals surface area contributed by atoms with Crippen molar-refractivity contribution in [1.29, 1.82) is 0 Å². The number of nitrogens with zero attached hydrogens (tertiary/aromatic N) is 1. The van der Waals surface area contributed by atoms with E-state index in [1.807, 2.05) is 84.9 Å². The molecule has 2 nitrogen and oxygen atoms in total. The molecule has 0 aliphatic heterocycles. The second-order valence-corrected chi connectivity index (χ2v) is 12.3. The summed E-state index contributed by atoms with van der Waals surface area (Å²) in [6, 6.07) is 29.1. The molecule has 0 atom stereocenters. The van der Waals surface area contributed by atoms with Gasteiger partial charge in [-0.3, -0.25) is 0 Å². The molecule has 0 aliphatic rings. The van der Waals surface area contributed by atoms with Crippen molar-refractivity contribution in [3.8, 4) is 33.4 Å². The van der Waals surface area contributed by atoms with Gasteiger partial charge in [-0.1, -0.05) is 145 Å². The van der Waals surface area contributed by atoms with E-state index in [0.29, 0.717) is 11.1 Å². The zero-order chi connectivity index (χ0) is 45.7. The SMILES string of the molecule is [2H]c1c([2H])c([2H])c(-c2c([2H])c([2H])c(N(c3ccc(-c4cccc5oc6c7ccccc7ccc6c45)cc3)c3c([2H])c([2H])c(-c4ccc5ccccc5c4)c([2H])c3[2H])c([2H])c2[2H])c([2H])c1[2H]. The average molecular weight is 677 g/mol. The third kappa shape index (κ3) is 5.21. The molecule has 1 aromatic heterocycles. The number of hydrogen-bond donors (Lipinski definition) is 0. The number of hydrogen-bond acceptors (Lipinski definition) is 2. The number of rotatable bonds is 6. The molecule has 0 saturated heterocycles. The van der Waals surface area contributed by atoms with Crippen LogP contribution in [0.1, 0.15) is 17.8 Å². The third-order valence-corrected chi connectivity index (χ3v) is 9.28. The summed E-state index contributed by atoms with van der Waals surface area (Å²) in [5, 5.41) is 5.49. The van der Waals surface area contributed by atoms with Crippen molar-refractivity contribution in [2.75, 3.05) is 4.90 Å². The molecule has 0 bridgehead atoms. The Morgan fingerprint density at radius 1 is 0.404 bits per heavy atom. The molecule has 52 heavy (non-hydrogen) atoms. The number of benzene rings is 9. The maximum Gasteiger partial charge on any atom is 0.143 e. The smallest absolute Gasteiger partial charge is 0.143 e. The van der Waals surface area contributed by atoms with Gasteiger partial charge in [-0.25, -0.2) is 0 Å². The fraction of sp³-hybridized carbons (Fsp3) is 0. The fourth-order valence-corrected chi connectivity index (χ4v) is 6.78. The fourth-order valence-electron chi connectivity index (χ4n) is 6.78. The minimum atomic E-state index is -0.741. The Balaban J connectivity index is 1.21. The summed E-state index contributed by atoms with van der Waals surface area (Å²) in [7, 11) is 0.